The number of nitrogen functional groups attached to an aromatic ring is 1. The Kier molecular flexibility index (Phi) is 6.91. The van der Waals surface area contributed by atoms with E-state index in [4.69, 9.17) is 5.73 Å². The minimum Gasteiger partial charge on any atom is -0.382 e. The van der Waals surface area contributed by atoms with Crippen LogP contribution in [0.15, 0.2) is 54.7 Å². The van der Waals surface area contributed by atoms with Crippen LogP contribution in [0.5, 0.6) is 0 Å². The van der Waals surface area contributed by atoms with Crippen LogP contribution in [0, 0.1) is 6.92 Å². The van der Waals surface area contributed by atoms with E-state index in [0.717, 1.165) is 41.2 Å². The summed E-state index contributed by atoms with van der Waals surface area (Å²) in [6.07, 6.45) is 3.85. The summed E-state index contributed by atoms with van der Waals surface area (Å²) >= 11 is 0. The predicted molar refractivity (Wildman–Crippen MR) is 140 cm³/mol. The van der Waals surface area contributed by atoms with Crippen molar-refractivity contribution in [1.29, 1.82) is 0 Å². The van der Waals surface area contributed by atoms with E-state index in [1.54, 1.807) is 0 Å². The smallest absolute Gasteiger partial charge is 0.150 e. The van der Waals surface area contributed by atoms with Gasteiger partial charge >= 0.3 is 0 Å². The predicted octanol–water partition coefficient (Wildman–Crippen LogP) is 5.06. The molecule has 33 heavy (non-hydrogen) atoms. The molecule has 5 heteroatoms. The van der Waals surface area contributed by atoms with E-state index in [0.29, 0.717) is 17.9 Å². The molecule has 2 atom stereocenters. The Morgan fingerprint density at radius 3 is 2.39 bits per heavy atom. The van der Waals surface area contributed by atoms with Crippen LogP contribution in [0.2, 0.25) is 0 Å². The van der Waals surface area contributed by atoms with Gasteiger partial charge in [0.25, 0.3) is 0 Å². The van der Waals surface area contributed by atoms with Crippen LogP contribution < -0.4 is 11.1 Å². The van der Waals surface area contributed by atoms with Crippen molar-refractivity contribution in [2.45, 2.75) is 45.7 Å². The Bertz CT molecular complexity index is 1250. The van der Waals surface area contributed by atoms with E-state index in [-0.39, 0.29) is 0 Å². The molecule has 5 nitrogen and oxygen atoms in total. The maximum atomic E-state index is 6.20. The first-order valence-corrected chi connectivity index (χ1v) is 11.7. The lowest BCUT2D eigenvalue weighted by Gasteiger charge is -2.23. The highest BCUT2D eigenvalue weighted by Gasteiger charge is 2.11. The summed E-state index contributed by atoms with van der Waals surface area (Å²) < 4.78 is 0. The largest absolute Gasteiger partial charge is 0.382 e. The monoisotopic (exact) mass is 441 g/mol. The molecule has 2 heterocycles. The number of benzene rings is 2. The first-order valence-electron chi connectivity index (χ1n) is 11.7. The SMILES string of the molecule is Cc1ccc2c(c1)nc(N)c1ncc(CCc3ccc(C(C)NC(C)CN(C)C)cc3)cc12. The van der Waals surface area contributed by atoms with Crippen LogP contribution in [-0.2, 0) is 12.8 Å². The molecular weight excluding hydrogens is 406 g/mol. The van der Waals surface area contributed by atoms with E-state index >= 15 is 0 Å². The summed E-state index contributed by atoms with van der Waals surface area (Å²) in [5.74, 6) is 0.493. The van der Waals surface area contributed by atoms with Gasteiger partial charge in [-0.15, -0.1) is 0 Å². The molecule has 172 valence electrons. The normalized spacial score (nSPS) is 13.6. The van der Waals surface area contributed by atoms with Crippen molar-refractivity contribution in [2.24, 2.45) is 0 Å². The third kappa shape index (κ3) is 5.49. The fraction of sp³-hybridized carbons (Fsp3) is 0.357. The summed E-state index contributed by atoms with van der Waals surface area (Å²) in [5, 5.41) is 5.86. The lowest BCUT2D eigenvalue weighted by Crippen LogP contribution is -2.37. The Labute approximate surface area is 197 Å². The van der Waals surface area contributed by atoms with Gasteiger partial charge in [0.05, 0.1) is 5.52 Å². The van der Waals surface area contributed by atoms with E-state index in [9.17, 15) is 0 Å². The van der Waals surface area contributed by atoms with Crippen molar-refractivity contribution >= 4 is 27.6 Å². The van der Waals surface area contributed by atoms with Gasteiger partial charge in [-0.1, -0.05) is 36.4 Å². The highest BCUT2D eigenvalue weighted by atomic mass is 15.1. The summed E-state index contributed by atoms with van der Waals surface area (Å²) in [6, 6.07) is 18.3. The number of rotatable bonds is 8. The first kappa shape index (κ1) is 23.1. The standard InChI is InChI=1S/C28H35N5/c1-18-6-13-24-25-15-22(16-30-27(25)28(29)32-26(24)14-18)8-7-21-9-11-23(12-10-21)20(3)31-19(2)17-33(4)5/h6,9-16,19-20,31H,7-8,17H2,1-5H3,(H2,29,32). The van der Waals surface area contributed by atoms with Crippen LogP contribution in [0.25, 0.3) is 21.8 Å². The summed E-state index contributed by atoms with van der Waals surface area (Å²) in [6.45, 7) is 7.56. The molecule has 0 saturated carbocycles. The number of aryl methyl sites for hydroxylation is 3. The molecule has 0 spiro atoms. The molecular formula is C28H35N5. The van der Waals surface area contributed by atoms with Crippen molar-refractivity contribution in [3.63, 3.8) is 0 Å². The molecule has 0 aliphatic carbocycles. The highest BCUT2D eigenvalue weighted by Crippen LogP contribution is 2.28. The zero-order valence-electron chi connectivity index (χ0n) is 20.4. The van der Waals surface area contributed by atoms with Crippen molar-refractivity contribution in [3.8, 4) is 0 Å². The number of aromatic nitrogens is 2. The van der Waals surface area contributed by atoms with Crippen LogP contribution in [-0.4, -0.2) is 41.5 Å². The average molecular weight is 442 g/mol. The van der Waals surface area contributed by atoms with Crippen molar-refractivity contribution < 1.29 is 0 Å². The van der Waals surface area contributed by atoms with E-state index in [1.165, 1.54) is 22.3 Å². The second-order valence-corrected chi connectivity index (χ2v) is 9.55. The van der Waals surface area contributed by atoms with Crippen LogP contribution in [0.3, 0.4) is 0 Å². The van der Waals surface area contributed by atoms with Crippen molar-refractivity contribution in [1.82, 2.24) is 20.2 Å². The van der Waals surface area contributed by atoms with Crippen molar-refractivity contribution in [3.05, 3.63) is 77.0 Å². The van der Waals surface area contributed by atoms with Gasteiger partial charge in [-0.25, -0.2) is 4.98 Å². The summed E-state index contributed by atoms with van der Waals surface area (Å²) in [5.41, 5.74) is 13.0. The van der Waals surface area contributed by atoms with Crippen LogP contribution >= 0.6 is 0 Å². The molecule has 2 aromatic carbocycles. The number of nitrogens with one attached hydrogen (secondary N) is 1. The maximum absolute atomic E-state index is 6.20. The molecule has 4 rings (SSSR count). The molecule has 3 N–H and O–H groups in total. The Balaban J connectivity index is 1.46. The molecule has 2 aromatic heterocycles. The topological polar surface area (TPSA) is 67.1 Å². The quantitative estimate of drug-likeness (QED) is 0.374. The number of likely N-dealkylation sites (N-methyl/N-ethyl adjacent to an activating group) is 1. The molecule has 0 aliphatic rings. The maximum Gasteiger partial charge on any atom is 0.150 e. The van der Waals surface area contributed by atoms with Gasteiger partial charge in [0.1, 0.15) is 5.52 Å². The lowest BCUT2D eigenvalue weighted by atomic mass is 10.00. The Morgan fingerprint density at radius 2 is 1.67 bits per heavy atom. The van der Waals surface area contributed by atoms with Gasteiger partial charge < -0.3 is 16.0 Å². The van der Waals surface area contributed by atoms with Crippen molar-refractivity contribution in [2.75, 3.05) is 26.4 Å². The van der Waals surface area contributed by atoms with E-state index in [1.807, 2.05) is 6.20 Å². The Hall–Kier alpha value is -3.02. The third-order valence-corrected chi connectivity index (χ3v) is 6.23. The van der Waals surface area contributed by atoms with Gasteiger partial charge in [0.2, 0.25) is 0 Å². The molecule has 0 bridgehead atoms. The van der Waals surface area contributed by atoms with Crippen LogP contribution in [0.4, 0.5) is 5.82 Å². The summed E-state index contributed by atoms with van der Waals surface area (Å²) in [7, 11) is 4.22. The number of pyridine rings is 2. The van der Waals surface area contributed by atoms with E-state index < -0.39 is 0 Å². The zero-order valence-corrected chi connectivity index (χ0v) is 20.4. The fourth-order valence-corrected chi connectivity index (χ4v) is 4.58. The molecule has 0 amide bonds. The fourth-order valence-electron chi connectivity index (χ4n) is 4.58. The molecule has 2 unspecified atom stereocenters. The van der Waals surface area contributed by atoms with E-state index in [2.05, 4.69) is 104 Å². The molecule has 0 saturated heterocycles. The molecule has 0 fully saturated rings. The van der Waals surface area contributed by atoms with Gasteiger partial charge in [-0.3, -0.25) is 4.98 Å². The number of anilines is 1. The Morgan fingerprint density at radius 1 is 0.939 bits per heavy atom. The second-order valence-electron chi connectivity index (χ2n) is 9.55. The van der Waals surface area contributed by atoms with Gasteiger partial charge in [-0.2, -0.15) is 0 Å². The molecule has 4 aromatic rings. The number of hydrogen-bond donors (Lipinski definition) is 2. The minimum atomic E-state index is 0.328. The van der Waals surface area contributed by atoms with Gasteiger partial charge in [-0.05, 0) is 82.1 Å². The number of nitrogens with two attached hydrogens (primary N) is 1. The minimum absolute atomic E-state index is 0.328. The van der Waals surface area contributed by atoms with Gasteiger partial charge in [0.15, 0.2) is 5.82 Å². The zero-order chi connectivity index (χ0) is 23.5. The lowest BCUT2D eigenvalue weighted by molar-refractivity contribution is 0.334. The molecule has 0 radical (unpaired) electrons. The van der Waals surface area contributed by atoms with Gasteiger partial charge in [0, 0.05) is 35.6 Å². The first-order chi connectivity index (χ1) is 15.8. The average Bonchev–Trinajstić information content (AvgIpc) is 2.77. The number of nitrogens with zero attached hydrogens (tertiary/aromatic N) is 3. The number of hydrogen-bond acceptors (Lipinski definition) is 5. The third-order valence-electron chi connectivity index (χ3n) is 6.23. The summed E-state index contributed by atoms with van der Waals surface area (Å²) in [4.78, 5) is 11.4. The number of fused-ring (bicyclic) bond motifs is 3. The van der Waals surface area contributed by atoms with Crippen LogP contribution in [0.1, 0.15) is 42.1 Å². The molecule has 0 aliphatic heterocycles. The second kappa shape index (κ2) is 9.86. The highest BCUT2D eigenvalue weighted by molar-refractivity contribution is 6.08.